The number of nitrogens with two attached hydrogens (primary N) is 1. The maximum atomic E-state index is 11.5. The molecule has 3 N–H and O–H groups in total. The minimum absolute atomic E-state index is 0.300. The Labute approximate surface area is 104 Å². The first-order valence-corrected chi connectivity index (χ1v) is 5.75. The fourth-order valence-electron chi connectivity index (χ4n) is 1.22. The van der Waals surface area contributed by atoms with Crippen LogP contribution in [-0.2, 0) is 4.74 Å². The van der Waals surface area contributed by atoms with Gasteiger partial charge in [0.1, 0.15) is 15.6 Å². The number of ether oxygens (including phenoxy) is 2. The number of thiophene rings is 1. The average Bonchev–Trinajstić information content (AvgIpc) is 2.62. The largest absolute Gasteiger partial charge is 0.492 e. The summed E-state index contributed by atoms with van der Waals surface area (Å²) in [7, 11) is 2.82. The van der Waals surface area contributed by atoms with Gasteiger partial charge in [0.2, 0.25) is 0 Å². The summed E-state index contributed by atoms with van der Waals surface area (Å²) in [6.07, 6.45) is 0. The molecule has 1 aromatic heterocycles. The summed E-state index contributed by atoms with van der Waals surface area (Å²) in [6, 6.07) is 0. The summed E-state index contributed by atoms with van der Waals surface area (Å²) in [5, 5.41) is 3.81. The molecule has 0 spiro atoms. The van der Waals surface area contributed by atoms with Crippen LogP contribution in [0.2, 0.25) is 0 Å². The van der Waals surface area contributed by atoms with Gasteiger partial charge in [0, 0.05) is 6.54 Å². The van der Waals surface area contributed by atoms with Crippen molar-refractivity contribution in [1.82, 2.24) is 0 Å². The van der Waals surface area contributed by atoms with Crippen molar-refractivity contribution in [3.8, 4) is 5.75 Å². The molecule has 6 heteroatoms. The summed E-state index contributed by atoms with van der Waals surface area (Å²) in [5.41, 5.74) is 7.09. The van der Waals surface area contributed by atoms with Crippen LogP contribution in [0, 0.1) is 0 Å². The predicted molar refractivity (Wildman–Crippen MR) is 69.9 cm³/mol. The van der Waals surface area contributed by atoms with Crippen LogP contribution in [-0.4, -0.2) is 26.7 Å². The average molecular weight is 256 g/mol. The Morgan fingerprint density at radius 1 is 1.53 bits per heavy atom. The molecule has 94 valence electrons. The first kappa shape index (κ1) is 13.4. The Hall–Kier alpha value is -1.69. The number of hydrogen-bond acceptors (Lipinski definition) is 6. The first-order valence-electron chi connectivity index (χ1n) is 4.94. The normalized spacial score (nSPS) is 9.82. The second kappa shape index (κ2) is 5.58. The zero-order chi connectivity index (χ0) is 13.0. The molecule has 1 aromatic rings. The van der Waals surface area contributed by atoms with Crippen LogP contribution in [0.25, 0.3) is 0 Å². The molecule has 0 aliphatic carbocycles. The van der Waals surface area contributed by atoms with Crippen molar-refractivity contribution >= 4 is 28.0 Å². The summed E-state index contributed by atoms with van der Waals surface area (Å²) in [5.74, 6) is 0.00539. The number of esters is 1. The van der Waals surface area contributed by atoms with Gasteiger partial charge in [-0.1, -0.05) is 12.2 Å². The maximum absolute atomic E-state index is 11.5. The van der Waals surface area contributed by atoms with E-state index in [9.17, 15) is 4.79 Å². The summed E-state index contributed by atoms with van der Waals surface area (Å²) >= 11 is 1.21. The van der Waals surface area contributed by atoms with Crippen molar-refractivity contribution in [1.29, 1.82) is 0 Å². The number of methoxy groups -OCH3 is 2. The molecule has 0 aromatic carbocycles. The standard InChI is InChI=1S/C11H16N2O3S/c1-6(2)5-13-10-8(15-3)7(12)9(17-10)11(14)16-4/h13H,1,5,12H2,2-4H3. The van der Waals surface area contributed by atoms with E-state index in [4.69, 9.17) is 10.5 Å². The number of nitrogens with one attached hydrogen (secondary N) is 1. The highest BCUT2D eigenvalue weighted by Gasteiger charge is 2.22. The number of rotatable bonds is 5. The third kappa shape index (κ3) is 2.91. The molecular formula is C11H16N2O3S. The minimum Gasteiger partial charge on any atom is -0.492 e. The fourth-order valence-corrected chi connectivity index (χ4v) is 2.23. The first-order chi connectivity index (χ1) is 8.01. The maximum Gasteiger partial charge on any atom is 0.350 e. The van der Waals surface area contributed by atoms with Crippen molar-refractivity contribution < 1.29 is 14.3 Å². The summed E-state index contributed by atoms with van der Waals surface area (Å²) < 4.78 is 9.82. The smallest absolute Gasteiger partial charge is 0.350 e. The van der Waals surface area contributed by atoms with Gasteiger partial charge >= 0.3 is 5.97 Å². The quantitative estimate of drug-likeness (QED) is 0.623. The van der Waals surface area contributed by atoms with Gasteiger partial charge in [-0.25, -0.2) is 4.79 Å². The number of nitrogen functional groups attached to an aromatic ring is 1. The Bertz CT molecular complexity index is 440. The van der Waals surface area contributed by atoms with E-state index in [0.717, 1.165) is 5.57 Å². The van der Waals surface area contributed by atoms with E-state index < -0.39 is 5.97 Å². The second-order valence-corrected chi connectivity index (χ2v) is 4.53. The van der Waals surface area contributed by atoms with Crippen molar-refractivity contribution in [2.75, 3.05) is 31.8 Å². The van der Waals surface area contributed by atoms with E-state index in [2.05, 4.69) is 16.6 Å². The van der Waals surface area contributed by atoms with Crippen molar-refractivity contribution in [2.24, 2.45) is 0 Å². The lowest BCUT2D eigenvalue weighted by atomic mass is 10.3. The molecule has 0 unspecified atom stereocenters. The molecule has 0 radical (unpaired) electrons. The van der Waals surface area contributed by atoms with Gasteiger partial charge in [0.15, 0.2) is 5.75 Å². The molecule has 0 saturated heterocycles. The molecule has 0 bridgehead atoms. The molecule has 0 saturated carbocycles. The molecule has 5 nitrogen and oxygen atoms in total. The van der Waals surface area contributed by atoms with E-state index in [1.54, 1.807) is 0 Å². The van der Waals surface area contributed by atoms with Crippen molar-refractivity contribution in [3.05, 3.63) is 17.0 Å². The highest BCUT2D eigenvalue weighted by molar-refractivity contribution is 7.19. The predicted octanol–water partition coefficient (Wildman–Crippen LogP) is 2.11. The molecule has 1 heterocycles. The topological polar surface area (TPSA) is 73.6 Å². The van der Waals surface area contributed by atoms with Gasteiger partial charge in [0.05, 0.1) is 14.2 Å². The molecule has 0 amide bonds. The molecule has 1 rings (SSSR count). The van der Waals surface area contributed by atoms with Crippen LogP contribution in [0.3, 0.4) is 0 Å². The molecule has 17 heavy (non-hydrogen) atoms. The van der Waals surface area contributed by atoms with E-state index >= 15 is 0 Å². The molecule has 0 atom stereocenters. The molecule has 0 aliphatic heterocycles. The van der Waals surface area contributed by atoms with Gasteiger partial charge in [-0.3, -0.25) is 0 Å². The highest BCUT2D eigenvalue weighted by atomic mass is 32.1. The van der Waals surface area contributed by atoms with Crippen LogP contribution in [0.4, 0.5) is 10.7 Å². The van der Waals surface area contributed by atoms with E-state index in [-0.39, 0.29) is 0 Å². The zero-order valence-electron chi connectivity index (χ0n) is 10.1. The van der Waals surface area contributed by atoms with Gasteiger partial charge in [-0.05, 0) is 6.92 Å². The van der Waals surface area contributed by atoms with E-state index in [0.29, 0.717) is 27.9 Å². The Morgan fingerprint density at radius 3 is 2.65 bits per heavy atom. The lowest BCUT2D eigenvalue weighted by molar-refractivity contribution is 0.0607. The Morgan fingerprint density at radius 2 is 2.18 bits per heavy atom. The van der Waals surface area contributed by atoms with Crippen molar-refractivity contribution in [2.45, 2.75) is 6.92 Å². The van der Waals surface area contributed by atoms with Gasteiger partial charge in [-0.15, -0.1) is 11.3 Å². The van der Waals surface area contributed by atoms with Gasteiger partial charge in [-0.2, -0.15) is 0 Å². The van der Waals surface area contributed by atoms with Crippen LogP contribution >= 0.6 is 11.3 Å². The van der Waals surface area contributed by atoms with Gasteiger partial charge in [0.25, 0.3) is 0 Å². The summed E-state index contributed by atoms with van der Waals surface area (Å²) in [4.78, 5) is 11.8. The SMILES string of the molecule is C=C(C)CNc1sc(C(=O)OC)c(N)c1OC. The van der Waals surface area contributed by atoms with Crippen LogP contribution in [0.15, 0.2) is 12.2 Å². The van der Waals surface area contributed by atoms with Crippen LogP contribution in [0.5, 0.6) is 5.75 Å². The Kier molecular flexibility index (Phi) is 4.39. The highest BCUT2D eigenvalue weighted by Crippen LogP contribution is 2.42. The summed E-state index contributed by atoms with van der Waals surface area (Å²) in [6.45, 7) is 6.28. The number of carbonyl (C=O) groups excluding carboxylic acids is 1. The van der Waals surface area contributed by atoms with E-state index in [1.807, 2.05) is 6.92 Å². The second-order valence-electron chi connectivity index (χ2n) is 3.51. The monoisotopic (exact) mass is 256 g/mol. The number of carbonyl (C=O) groups is 1. The minimum atomic E-state index is -0.464. The molecule has 0 aliphatic rings. The van der Waals surface area contributed by atoms with E-state index in [1.165, 1.54) is 25.6 Å². The number of anilines is 2. The fraction of sp³-hybridized carbons (Fsp3) is 0.364. The zero-order valence-corrected chi connectivity index (χ0v) is 10.9. The number of hydrogen-bond donors (Lipinski definition) is 2. The van der Waals surface area contributed by atoms with Crippen molar-refractivity contribution in [3.63, 3.8) is 0 Å². The van der Waals surface area contributed by atoms with Crippen LogP contribution < -0.4 is 15.8 Å². The lowest BCUT2D eigenvalue weighted by Gasteiger charge is -2.06. The Balaban J connectivity index is 3.04. The third-order valence-electron chi connectivity index (χ3n) is 2.03. The molecular weight excluding hydrogens is 240 g/mol. The van der Waals surface area contributed by atoms with Crippen LogP contribution in [0.1, 0.15) is 16.6 Å². The third-order valence-corrected chi connectivity index (χ3v) is 3.15. The lowest BCUT2D eigenvalue weighted by Crippen LogP contribution is -2.02. The molecule has 0 fully saturated rings. The van der Waals surface area contributed by atoms with Gasteiger partial charge < -0.3 is 20.5 Å².